The molecule has 0 spiro atoms. The van der Waals surface area contributed by atoms with Crippen molar-refractivity contribution in [3.8, 4) is 0 Å². The van der Waals surface area contributed by atoms with E-state index in [0.717, 1.165) is 0 Å². The molecule has 2 rings (SSSR count). The lowest BCUT2D eigenvalue weighted by atomic mass is 9.74. The van der Waals surface area contributed by atoms with Gasteiger partial charge in [-0.2, -0.15) is 0 Å². The summed E-state index contributed by atoms with van der Waals surface area (Å²) in [5.74, 6) is -0.711. The molecule has 1 aromatic rings. The first-order chi connectivity index (χ1) is 9.16. The van der Waals surface area contributed by atoms with Gasteiger partial charge in [0, 0.05) is 11.6 Å². The number of rotatable bonds is 3. The van der Waals surface area contributed by atoms with Gasteiger partial charge in [-0.3, -0.25) is 10.1 Å². The molecule has 20 heavy (non-hydrogen) atoms. The minimum atomic E-state index is -0.711. The SMILES string of the molecule is CC1(C)OB([C@@H](N)c2ccccc2[N+](=O)[O-])OC1(C)C. The number of benzene rings is 1. The Bertz CT molecular complexity index is 517. The van der Waals surface area contributed by atoms with Gasteiger partial charge in [0.25, 0.3) is 5.69 Å². The first-order valence-electron chi connectivity index (χ1n) is 6.50. The van der Waals surface area contributed by atoms with Gasteiger partial charge in [0.05, 0.1) is 22.1 Å². The second-order valence-electron chi connectivity index (χ2n) is 5.97. The predicted molar refractivity (Wildman–Crippen MR) is 76.1 cm³/mol. The smallest absolute Gasteiger partial charge is 0.402 e. The van der Waals surface area contributed by atoms with Crippen molar-refractivity contribution in [3.05, 3.63) is 39.9 Å². The van der Waals surface area contributed by atoms with Gasteiger partial charge in [0.1, 0.15) is 0 Å². The van der Waals surface area contributed by atoms with Crippen LogP contribution in [0.25, 0.3) is 0 Å². The quantitative estimate of drug-likeness (QED) is 0.520. The van der Waals surface area contributed by atoms with E-state index in [-0.39, 0.29) is 5.69 Å². The summed E-state index contributed by atoms with van der Waals surface area (Å²) in [5, 5.41) is 11.1. The molecule has 1 fully saturated rings. The molecule has 108 valence electrons. The second-order valence-corrected chi connectivity index (χ2v) is 5.97. The molecule has 1 heterocycles. The third-order valence-corrected chi connectivity index (χ3v) is 4.06. The topological polar surface area (TPSA) is 87.6 Å². The first-order valence-corrected chi connectivity index (χ1v) is 6.50. The fraction of sp³-hybridized carbons (Fsp3) is 0.538. The number of nitrogens with two attached hydrogens (primary N) is 1. The highest BCUT2D eigenvalue weighted by Crippen LogP contribution is 2.40. The standard InChI is InChI=1S/C13H19BN2O4/c1-12(2)13(3,4)20-14(19-12)11(15)9-7-5-6-8-10(9)16(17)18/h5-8,11H,15H2,1-4H3/t11-/m0/s1. The third kappa shape index (κ3) is 2.44. The highest BCUT2D eigenvalue weighted by Gasteiger charge is 2.54. The molecule has 0 unspecified atom stereocenters. The minimum Gasteiger partial charge on any atom is -0.402 e. The molecule has 0 radical (unpaired) electrons. The molecule has 7 heteroatoms. The molecule has 6 nitrogen and oxygen atoms in total. The lowest BCUT2D eigenvalue weighted by Crippen LogP contribution is -2.41. The van der Waals surface area contributed by atoms with Crippen LogP contribution in [0.5, 0.6) is 0 Å². The predicted octanol–water partition coefficient (Wildman–Crippen LogP) is 2.23. The van der Waals surface area contributed by atoms with Gasteiger partial charge in [-0.1, -0.05) is 18.2 Å². The van der Waals surface area contributed by atoms with Crippen LogP contribution in [-0.4, -0.2) is 23.2 Å². The van der Waals surface area contributed by atoms with E-state index < -0.39 is 29.2 Å². The van der Waals surface area contributed by atoms with Crippen molar-refractivity contribution in [3.63, 3.8) is 0 Å². The summed E-state index contributed by atoms with van der Waals surface area (Å²) in [6.07, 6.45) is 0. The van der Waals surface area contributed by atoms with Crippen LogP contribution in [0.2, 0.25) is 0 Å². The summed E-state index contributed by atoms with van der Waals surface area (Å²) in [7, 11) is -0.707. The maximum absolute atomic E-state index is 11.1. The van der Waals surface area contributed by atoms with Crippen LogP contribution >= 0.6 is 0 Å². The van der Waals surface area contributed by atoms with E-state index in [1.165, 1.54) is 6.07 Å². The molecular formula is C13H19BN2O4. The normalized spacial score (nSPS) is 21.8. The summed E-state index contributed by atoms with van der Waals surface area (Å²) in [5.41, 5.74) is 5.49. The summed E-state index contributed by atoms with van der Waals surface area (Å²) < 4.78 is 11.7. The van der Waals surface area contributed by atoms with Gasteiger partial charge in [-0.05, 0) is 27.7 Å². The Morgan fingerprint density at radius 1 is 1.20 bits per heavy atom. The Labute approximate surface area is 118 Å². The number of hydrogen-bond donors (Lipinski definition) is 1. The largest absolute Gasteiger partial charge is 0.480 e. The highest BCUT2D eigenvalue weighted by molar-refractivity contribution is 6.47. The third-order valence-electron chi connectivity index (χ3n) is 4.06. The first kappa shape index (κ1) is 15.0. The number of nitro benzene ring substituents is 1. The molecular weight excluding hydrogens is 259 g/mol. The summed E-state index contributed by atoms with van der Waals surface area (Å²) in [4.78, 5) is 10.6. The zero-order valence-corrected chi connectivity index (χ0v) is 12.1. The Morgan fingerprint density at radius 3 is 2.20 bits per heavy atom. The minimum absolute atomic E-state index is 0.0188. The Balaban J connectivity index is 2.30. The van der Waals surface area contributed by atoms with Crippen molar-refractivity contribution in [1.29, 1.82) is 0 Å². The molecule has 1 aliphatic rings. The van der Waals surface area contributed by atoms with E-state index in [4.69, 9.17) is 15.0 Å². The molecule has 0 aromatic heterocycles. The van der Waals surface area contributed by atoms with Crippen molar-refractivity contribution >= 4 is 12.8 Å². The van der Waals surface area contributed by atoms with Crippen LogP contribution < -0.4 is 5.73 Å². The van der Waals surface area contributed by atoms with Gasteiger partial charge in [0.2, 0.25) is 0 Å². The summed E-state index contributed by atoms with van der Waals surface area (Å²) in [6.45, 7) is 7.66. The molecule has 0 saturated carbocycles. The van der Waals surface area contributed by atoms with E-state index in [1.807, 2.05) is 27.7 Å². The number of nitro groups is 1. The average Bonchev–Trinajstić information content (AvgIpc) is 2.57. The van der Waals surface area contributed by atoms with Crippen molar-refractivity contribution < 1.29 is 14.2 Å². The van der Waals surface area contributed by atoms with Gasteiger partial charge >= 0.3 is 7.12 Å². The number of hydrogen-bond acceptors (Lipinski definition) is 5. The monoisotopic (exact) mass is 278 g/mol. The van der Waals surface area contributed by atoms with Gasteiger partial charge in [-0.15, -0.1) is 0 Å². The van der Waals surface area contributed by atoms with Gasteiger partial charge in [0.15, 0.2) is 0 Å². The number of para-hydroxylation sites is 1. The molecule has 1 aromatic carbocycles. The molecule has 0 bridgehead atoms. The summed E-state index contributed by atoms with van der Waals surface area (Å²) in [6, 6.07) is 6.39. The molecule has 2 N–H and O–H groups in total. The second kappa shape index (κ2) is 4.84. The van der Waals surface area contributed by atoms with Gasteiger partial charge in [-0.25, -0.2) is 0 Å². The zero-order chi connectivity index (χ0) is 15.1. The van der Waals surface area contributed by atoms with E-state index in [1.54, 1.807) is 18.2 Å². The fourth-order valence-electron chi connectivity index (χ4n) is 2.12. The van der Waals surface area contributed by atoms with Crippen molar-refractivity contribution in [2.75, 3.05) is 0 Å². The molecule has 1 saturated heterocycles. The highest BCUT2D eigenvalue weighted by atomic mass is 16.7. The van der Waals surface area contributed by atoms with Crippen LogP contribution in [0.3, 0.4) is 0 Å². The average molecular weight is 278 g/mol. The van der Waals surface area contributed by atoms with Crippen molar-refractivity contribution in [2.45, 2.75) is 44.8 Å². The Kier molecular flexibility index (Phi) is 3.62. The van der Waals surface area contributed by atoms with Crippen LogP contribution in [0.1, 0.15) is 39.2 Å². The molecule has 1 atom stereocenters. The Hall–Kier alpha value is -1.44. The maximum Gasteiger partial charge on any atom is 0.480 e. The lowest BCUT2D eigenvalue weighted by molar-refractivity contribution is -0.385. The molecule has 0 aliphatic carbocycles. The van der Waals surface area contributed by atoms with E-state index >= 15 is 0 Å². The van der Waals surface area contributed by atoms with E-state index in [0.29, 0.717) is 5.56 Å². The molecule has 1 aliphatic heterocycles. The molecule has 0 amide bonds. The number of nitrogens with zero attached hydrogens (tertiary/aromatic N) is 1. The van der Waals surface area contributed by atoms with Crippen LogP contribution in [-0.2, 0) is 9.31 Å². The van der Waals surface area contributed by atoms with E-state index in [9.17, 15) is 10.1 Å². The summed E-state index contributed by atoms with van der Waals surface area (Å²) >= 11 is 0. The van der Waals surface area contributed by atoms with Crippen LogP contribution in [0.4, 0.5) is 5.69 Å². The van der Waals surface area contributed by atoms with Crippen molar-refractivity contribution in [1.82, 2.24) is 0 Å². The zero-order valence-electron chi connectivity index (χ0n) is 12.1. The van der Waals surface area contributed by atoms with E-state index in [2.05, 4.69) is 0 Å². The lowest BCUT2D eigenvalue weighted by Gasteiger charge is -2.32. The Morgan fingerprint density at radius 2 is 1.70 bits per heavy atom. The van der Waals surface area contributed by atoms with Gasteiger partial charge < -0.3 is 15.0 Å². The maximum atomic E-state index is 11.1. The van der Waals surface area contributed by atoms with Crippen LogP contribution in [0.15, 0.2) is 24.3 Å². The fourth-order valence-corrected chi connectivity index (χ4v) is 2.12. The van der Waals surface area contributed by atoms with Crippen LogP contribution in [0, 0.1) is 10.1 Å². The van der Waals surface area contributed by atoms with Crippen molar-refractivity contribution in [2.24, 2.45) is 5.73 Å².